The predicted octanol–water partition coefficient (Wildman–Crippen LogP) is 1.80. The molecular weight excluding hydrogens is 285 g/mol. The highest BCUT2D eigenvalue weighted by atomic mass is 19.1. The smallest absolute Gasteiger partial charge is 0.230 e. The molecule has 2 aliphatic rings. The van der Waals surface area contributed by atoms with Crippen molar-refractivity contribution in [2.24, 2.45) is 0 Å². The van der Waals surface area contributed by atoms with E-state index in [-0.39, 0.29) is 0 Å². The van der Waals surface area contributed by atoms with Gasteiger partial charge in [-0.15, -0.1) is 10.2 Å². The molecule has 0 unspecified atom stereocenters. The van der Waals surface area contributed by atoms with Crippen LogP contribution in [0, 0.1) is 5.95 Å². The molecule has 0 spiro atoms. The maximum Gasteiger partial charge on any atom is 0.230 e. The molecule has 0 aromatic carbocycles. The topological polar surface area (TPSA) is 58.3 Å². The summed E-state index contributed by atoms with van der Waals surface area (Å²) >= 11 is 0. The molecule has 0 amide bonds. The first-order valence-electron chi connectivity index (χ1n) is 7.69. The first-order chi connectivity index (χ1) is 10.8. The second-order valence-corrected chi connectivity index (χ2v) is 5.91. The molecule has 116 valence electrons. The standard InChI is InChI=1S/C15H18FN5O/c16-13-9-12(3-4-17-13)21-7-5-20(6-8-21)10-14-18-19-15(22-14)11-1-2-11/h3-4,9,11H,1-2,5-8,10H2. The van der Waals surface area contributed by atoms with E-state index in [0.717, 1.165) is 37.8 Å². The summed E-state index contributed by atoms with van der Waals surface area (Å²) in [6, 6.07) is 3.33. The van der Waals surface area contributed by atoms with Crippen LogP contribution in [0.1, 0.15) is 30.5 Å². The fourth-order valence-electron chi connectivity index (χ4n) is 2.77. The fourth-order valence-corrected chi connectivity index (χ4v) is 2.77. The molecule has 22 heavy (non-hydrogen) atoms. The Morgan fingerprint density at radius 3 is 2.73 bits per heavy atom. The van der Waals surface area contributed by atoms with Crippen molar-refractivity contribution in [3.63, 3.8) is 0 Å². The van der Waals surface area contributed by atoms with E-state index < -0.39 is 5.95 Å². The zero-order chi connectivity index (χ0) is 14.9. The van der Waals surface area contributed by atoms with E-state index in [9.17, 15) is 4.39 Å². The van der Waals surface area contributed by atoms with E-state index in [2.05, 4.69) is 25.0 Å². The number of pyridine rings is 1. The second kappa shape index (κ2) is 5.64. The van der Waals surface area contributed by atoms with Gasteiger partial charge in [-0.05, 0) is 18.9 Å². The minimum absolute atomic E-state index is 0.432. The molecule has 0 bridgehead atoms. The number of anilines is 1. The molecule has 1 aliphatic heterocycles. The molecule has 0 N–H and O–H groups in total. The lowest BCUT2D eigenvalue weighted by Crippen LogP contribution is -2.46. The van der Waals surface area contributed by atoms with Crippen LogP contribution in [0.5, 0.6) is 0 Å². The van der Waals surface area contributed by atoms with E-state index in [1.165, 1.54) is 25.1 Å². The molecule has 0 radical (unpaired) electrons. The quantitative estimate of drug-likeness (QED) is 0.803. The van der Waals surface area contributed by atoms with Crippen molar-refractivity contribution >= 4 is 5.69 Å². The van der Waals surface area contributed by atoms with E-state index in [4.69, 9.17) is 4.42 Å². The van der Waals surface area contributed by atoms with Crippen LogP contribution in [0.25, 0.3) is 0 Å². The van der Waals surface area contributed by atoms with Gasteiger partial charge in [-0.3, -0.25) is 4.90 Å². The molecule has 3 heterocycles. The summed E-state index contributed by atoms with van der Waals surface area (Å²) in [4.78, 5) is 8.06. The van der Waals surface area contributed by atoms with E-state index in [1.54, 1.807) is 0 Å². The summed E-state index contributed by atoms with van der Waals surface area (Å²) in [6.45, 7) is 4.19. The molecule has 7 heteroatoms. The highest BCUT2D eigenvalue weighted by molar-refractivity contribution is 5.45. The molecule has 4 rings (SSSR count). The van der Waals surface area contributed by atoms with Crippen molar-refractivity contribution in [3.8, 4) is 0 Å². The molecular formula is C15H18FN5O. The molecule has 2 aromatic rings. The van der Waals surface area contributed by atoms with Crippen molar-refractivity contribution in [2.45, 2.75) is 25.3 Å². The maximum absolute atomic E-state index is 13.2. The number of nitrogens with zero attached hydrogens (tertiary/aromatic N) is 5. The van der Waals surface area contributed by atoms with Gasteiger partial charge in [-0.25, -0.2) is 4.98 Å². The minimum atomic E-state index is -0.432. The molecule has 1 saturated carbocycles. The summed E-state index contributed by atoms with van der Waals surface area (Å²) < 4.78 is 18.9. The van der Waals surface area contributed by atoms with Gasteiger partial charge < -0.3 is 9.32 Å². The minimum Gasteiger partial charge on any atom is -0.424 e. The summed E-state index contributed by atoms with van der Waals surface area (Å²) in [6.07, 6.45) is 3.85. The molecule has 0 atom stereocenters. The third kappa shape index (κ3) is 2.94. The third-order valence-corrected chi connectivity index (χ3v) is 4.22. The van der Waals surface area contributed by atoms with Gasteiger partial charge in [0.05, 0.1) is 6.54 Å². The van der Waals surface area contributed by atoms with Crippen LogP contribution in [-0.4, -0.2) is 46.3 Å². The van der Waals surface area contributed by atoms with Crippen molar-refractivity contribution in [1.82, 2.24) is 20.1 Å². The number of aromatic nitrogens is 3. The maximum atomic E-state index is 13.2. The van der Waals surface area contributed by atoms with Crippen LogP contribution in [0.15, 0.2) is 22.7 Å². The van der Waals surface area contributed by atoms with Crippen LogP contribution < -0.4 is 4.90 Å². The van der Waals surface area contributed by atoms with Crippen LogP contribution in [0.3, 0.4) is 0 Å². The molecule has 2 aromatic heterocycles. The Morgan fingerprint density at radius 1 is 1.18 bits per heavy atom. The number of hydrogen-bond acceptors (Lipinski definition) is 6. The second-order valence-electron chi connectivity index (χ2n) is 5.91. The van der Waals surface area contributed by atoms with Crippen molar-refractivity contribution in [2.75, 3.05) is 31.1 Å². The number of halogens is 1. The largest absolute Gasteiger partial charge is 0.424 e. The Labute approximate surface area is 128 Å². The predicted molar refractivity (Wildman–Crippen MR) is 78.0 cm³/mol. The Hall–Kier alpha value is -2.02. The zero-order valence-corrected chi connectivity index (χ0v) is 12.3. The van der Waals surface area contributed by atoms with E-state index in [0.29, 0.717) is 18.4 Å². The third-order valence-electron chi connectivity index (χ3n) is 4.22. The van der Waals surface area contributed by atoms with Gasteiger partial charge in [0.25, 0.3) is 0 Å². The van der Waals surface area contributed by atoms with Gasteiger partial charge in [0, 0.05) is 50.0 Å². The van der Waals surface area contributed by atoms with Gasteiger partial charge in [0.15, 0.2) is 0 Å². The van der Waals surface area contributed by atoms with Crippen molar-refractivity contribution in [1.29, 1.82) is 0 Å². The highest BCUT2D eigenvalue weighted by Gasteiger charge is 2.29. The lowest BCUT2D eigenvalue weighted by molar-refractivity contribution is 0.224. The van der Waals surface area contributed by atoms with Gasteiger partial charge in [0.2, 0.25) is 17.7 Å². The van der Waals surface area contributed by atoms with Crippen molar-refractivity contribution < 1.29 is 8.81 Å². The van der Waals surface area contributed by atoms with Crippen LogP contribution >= 0.6 is 0 Å². The molecule has 1 saturated heterocycles. The Kier molecular flexibility index (Phi) is 3.49. The number of rotatable bonds is 4. The Morgan fingerprint density at radius 2 is 2.00 bits per heavy atom. The average Bonchev–Trinajstić information content (AvgIpc) is 3.28. The van der Waals surface area contributed by atoms with Crippen LogP contribution in [0.4, 0.5) is 10.1 Å². The molecule has 6 nitrogen and oxygen atoms in total. The van der Waals surface area contributed by atoms with Gasteiger partial charge in [-0.1, -0.05) is 0 Å². The van der Waals surface area contributed by atoms with E-state index >= 15 is 0 Å². The molecule has 2 fully saturated rings. The number of hydrogen-bond donors (Lipinski definition) is 0. The number of piperazine rings is 1. The normalized spacial score (nSPS) is 19.6. The van der Waals surface area contributed by atoms with Crippen molar-refractivity contribution in [3.05, 3.63) is 36.1 Å². The van der Waals surface area contributed by atoms with Crippen LogP contribution in [0.2, 0.25) is 0 Å². The lowest BCUT2D eigenvalue weighted by Gasteiger charge is -2.35. The fraction of sp³-hybridized carbons (Fsp3) is 0.533. The van der Waals surface area contributed by atoms with Gasteiger partial charge in [0.1, 0.15) is 0 Å². The summed E-state index contributed by atoms with van der Waals surface area (Å²) in [7, 11) is 0. The first-order valence-corrected chi connectivity index (χ1v) is 7.69. The van der Waals surface area contributed by atoms with E-state index in [1.807, 2.05) is 6.07 Å². The average molecular weight is 303 g/mol. The Balaban J connectivity index is 1.33. The Bertz CT molecular complexity index is 649. The lowest BCUT2D eigenvalue weighted by atomic mass is 10.2. The summed E-state index contributed by atoms with van der Waals surface area (Å²) in [5, 5.41) is 8.24. The summed E-state index contributed by atoms with van der Waals surface area (Å²) in [5.74, 6) is 1.56. The van der Waals surface area contributed by atoms with Gasteiger partial charge in [-0.2, -0.15) is 4.39 Å². The zero-order valence-electron chi connectivity index (χ0n) is 12.3. The van der Waals surface area contributed by atoms with Gasteiger partial charge >= 0.3 is 0 Å². The van der Waals surface area contributed by atoms with Crippen LogP contribution in [-0.2, 0) is 6.54 Å². The SMILES string of the molecule is Fc1cc(N2CCN(Cc3nnc(C4CC4)o3)CC2)ccn1. The monoisotopic (exact) mass is 303 g/mol. The highest BCUT2D eigenvalue weighted by Crippen LogP contribution is 2.39. The summed E-state index contributed by atoms with van der Waals surface area (Å²) in [5.41, 5.74) is 0.890. The first kappa shape index (κ1) is 13.6. The molecule has 1 aliphatic carbocycles.